The van der Waals surface area contributed by atoms with E-state index < -0.39 is 17.7 Å². The molecule has 2 aromatic rings. The van der Waals surface area contributed by atoms with Gasteiger partial charge in [0.25, 0.3) is 0 Å². The summed E-state index contributed by atoms with van der Waals surface area (Å²) in [5, 5.41) is 6.47. The van der Waals surface area contributed by atoms with Crippen LogP contribution in [-0.2, 0) is 13.2 Å². The van der Waals surface area contributed by atoms with Crippen LogP contribution in [0.3, 0.4) is 0 Å². The van der Waals surface area contributed by atoms with Crippen LogP contribution in [0.2, 0.25) is 0 Å². The second kappa shape index (κ2) is 5.59. The molecular weight excluding hydrogens is 330 g/mol. The highest BCUT2D eigenvalue weighted by atomic mass is 32.2. The molecule has 0 amide bonds. The Bertz CT molecular complexity index is 780. The third-order valence-electron chi connectivity index (χ3n) is 3.53. The van der Waals surface area contributed by atoms with Gasteiger partial charge in [0, 0.05) is 29.4 Å². The minimum Gasteiger partial charge on any atom is -0.334 e. The van der Waals surface area contributed by atoms with Gasteiger partial charge in [0.1, 0.15) is 5.82 Å². The molecule has 0 spiro atoms. The van der Waals surface area contributed by atoms with Gasteiger partial charge in [-0.1, -0.05) is 0 Å². The predicted octanol–water partition coefficient (Wildman–Crippen LogP) is 4.42. The summed E-state index contributed by atoms with van der Waals surface area (Å²) in [4.78, 5) is 1.88. The van der Waals surface area contributed by atoms with Crippen LogP contribution in [0.15, 0.2) is 30.0 Å². The van der Waals surface area contributed by atoms with E-state index >= 15 is 0 Å². The summed E-state index contributed by atoms with van der Waals surface area (Å²) in [6, 6.07) is 5.31. The number of hydrogen-bond donors (Lipinski definition) is 0. The van der Waals surface area contributed by atoms with E-state index in [-0.39, 0.29) is 11.3 Å². The molecule has 0 N–H and O–H groups in total. The standard InChI is InChI=1S/C15H12F4N3S/c1-9-7-23-8-22(9)10-3-4-11(12(16)5-10)13-6-14(15(17,18)19)20-21(13)2/h3-6H,8H2,1-2H3. The quantitative estimate of drug-likeness (QED) is 0.754. The van der Waals surface area contributed by atoms with Gasteiger partial charge in [-0.2, -0.15) is 18.3 Å². The van der Waals surface area contributed by atoms with Crippen LogP contribution in [0, 0.1) is 11.2 Å². The zero-order valence-corrected chi connectivity index (χ0v) is 13.1. The first-order valence-electron chi connectivity index (χ1n) is 6.67. The van der Waals surface area contributed by atoms with Crippen molar-refractivity contribution in [1.29, 1.82) is 0 Å². The lowest BCUT2D eigenvalue weighted by molar-refractivity contribution is -0.141. The number of rotatable bonds is 2. The Balaban J connectivity index is 1.99. The molecule has 0 saturated heterocycles. The predicted molar refractivity (Wildman–Crippen MR) is 81.0 cm³/mol. The highest BCUT2D eigenvalue weighted by Gasteiger charge is 2.35. The highest BCUT2D eigenvalue weighted by molar-refractivity contribution is 8.01. The van der Waals surface area contributed by atoms with Crippen molar-refractivity contribution >= 4 is 17.4 Å². The van der Waals surface area contributed by atoms with E-state index in [4.69, 9.17) is 0 Å². The second-order valence-corrected chi connectivity index (χ2v) is 5.84. The van der Waals surface area contributed by atoms with Gasteiger partial charge in [-0.3, -0.25) is 4.68 Å². The van der Waals surface area contributed by atoms with Crippen molar-refractivity contribution < 1.29 is 17.6 Å². The molecule has 121 valence electrons. The van der Waals surface area contributed by atoms with Gasteiger partial charge in [-0.05, 0) is 31.2 Å². The summed E-state index contributed by atoms with van der Waals surface area (Å²) in [5.41, 5.74) is 0.636. The van der Waals surface area contributed by atoms with Crippen molar-refractivity contribution in [3.8, 4) is 11.3 Å². The molecule has 0 aliphatic carbocycles. The van der Waals surface area contributed by atoms with E-state index in [2.05, 4.69) is 10.5 Å². The van der Waals surface area contributed by atoms with Crippen LogP contribution >= 0.6 is 11.8 Å². The molecule has 3 rings (SSSR count). The molecule has 0 fully saturated rings. The van der Waals surface area contributed by atoms with Gasteiger partial charge < -0.3 is 4.90 Å². The monoisotopic (exact) mass is 342 g/mol. The van der Waals surface area contributed by atoms with Crippen molar-refractivity contribution in [2.24, 2.45) is 7.05 Å². The van der Waals surface area contributed by atoms with Gasteiger partial charge in [0.2, 0.25) is 0 Å². The fourth-order valence-corrected chi connectivity index (χ4v) is 3.21. The van der Waals surface area contributed by atoms with Crippen LogP contribution in [-0.4, -0.2) is 15.7 Å². The zero-order chi connectivity index (χ0) is 16.8. The first-order chi connectivity index (χ1) is 10.8. The lowest BCUT2D eigenvalue weighted by atomic mass is 10.1. The van der Waals surface area contributed by atoms with E-state index in [1.165, 1.54) is 30.9 Å². The van der Waals surface area contributed by atoms with Crippen molar-refractivity contribution in [3.63, 3.8) is 0 Å². The summed E-state index contributed by atoms with van der Waals surface area (Å²) in [6.07, 6.45) is -4.56. The Kier molecular flexibility index (Phi) is 3.87. The zero-order valence-electron chi connectivity index (χ0n) is 12.3. The van der Waals surface area contributed by atoms with Gasteiger partial charge in [-0.25, -0.2) is 4.39 Å². The molecule has 1 aromatic carbocycles. The summed E-state index contributed by atoms with van der Waals surface area (Å²) in [5.74, 6) is 0.0399. The molecule has 0 saturated carbocycles. The molecule has 0 unspecified atom stereocenters. The Hall–Kier alpha value is -1.96. The number of alkyl halides is 3. The molecule has 1 radical (unpaired) electrons. The molecule has 3 nitrogen and oxygen atoms in total. The Morgan fingerprint density at radius 1 is 1.26 bits per heavy atom. The largest absolute Gasteiger partial charge is 0.435 e. The number of halogens is 4. The number of nitrogens with zero attached hydrogens (tertiary/aromatic N) is 3. The van der Waals surface area contributed by atoms with E-state index in [1.807, 2.05) is 11.8 Å². The van der Waals surface area contributed by atoms with Crippen LogP contribution in [0.4, 0.5) is 23.2 Å². The normalized spacial score (nSPS) is 15.2. The number of anilines is 1. The van der Waals surface area contributed by atoms with Crippen molar-refractivity contribution in [3.05, 3.63) is 46.9 Å². The molecule has 1 aromatic heterocycles. The third kappa shape index (κ3) is 2.95. The first kappa shape index (κ1) is 15.9. The first-order valence-corrected chi connectivity index (χ1v) is 7.66. The summed E-state index contributed by atoms with van der Waals surface area (Å²) < 4.78 is 53.6. The molecule has 8 heteroatoms. The molecule has 2 heterocycles. The van der Waals surface area contributed by atoms with Gasteiger partial charge in [0.05, 0.1) is 11.6 Å². The molecule has 0 atom stereocenters. The molecule has 1 aliphatic rings. The van der Waals surface area contributed by atoms with Crippen LogP contribution in [0.25, 0.3) is 11.3 Å². The summed E-state index contributed by atoms with van der Waals surface area (Å²) >= 11 is 1.48. The average molecular weight is 342 g/mol. The lowest BCUT2D eigenvalue weighted by Gasteiger charge is -2.19. The number of aromatic nitrogens is 2. The maximum absolute atomic E-state index is 14.4. The Morgan fingerprint density at radius 2 is 2.00 bits per heavy atom. The SMILES string of the molecule is CC1=[C]SCN1c1ccc(-c2cc(C(F)(F)F)nn2C)c(F)c1. The fraction of sp³-hybridized carbons (Fsp3) is 0.267. The highest BCUT2D eigenvalue weighted by Crippen LogP contribution is 2.35. The lowest BCUT2D eigenvalue weighted by Crippen LogP contribution is -2.16. The number of hydrogen-bond acceptors (Lipinski definition) is 3. The summed E-state index contributed by atoms with van der Waals surface area (Å²) in [6.45, 7) is 1.86. The van der Waals surface area contributed by atoms with E-state index in [1.54, 1.807) is 6.07 Å². The van der Waals surface area contributed by atoms with Crippen molar-refractivity contribution in [2.75, 3.05) is 10.8 Å². The Morgan fingerprint density at radius 3 is 2.52 bits per heavy atom. The number of benzene rings is 1. The van der Waals surface area contributed by atoms with E-state index in [0.717, 1.165) is 16.4 Å². The number of thioether (sulfide) groups is 1. The van der Waals surface area contributed by atoms with Gasteiger partial charge in [-0.15, -0.1) is 11.8 Å². The van der Waals surface area contributed by atoms with Gasteiger partial charge >= 0.3 is 6.18 Å². The topological polar surface area (TPSA) is 21.1 Å². The van der Waals surface area contributed by atoms with Crippen LogP contribution in [0.5, 0.6) is 0 Å². The molecule has 0 bridgehead atoms. The average Bonchev–Trinajstić information content (AvgIpc) is 3.04. The second-order valence-electron chi connectivity index (χ2n) is 5.09. The maximum Gasteiger partial charge on any atom is 0.435 e. The van der Waals surface area contributed by atoms with E-state index in [9.17, 15) is 17.6 Å². The minimum atomic E-state index is -4.56. The smallest absolute Gasteiger partial charge is 0.334 e. The van der Waals surface area contributed by atoms with Crippen molar-refractivity contribution in [2.45, 2.75) is 13.1 Å². The molecule has 1 aliphatic heterocycles. The number of aryl methyl sites for hydroxylation is 1. The maximum atomic E-state index is 14.4. The molecular formula is C15H12F4N3S. The Labute approximate surface area is 134 Å². The van der Waals surface area contributed by atoms with Crippen LogP contribution < -0.4 is 4.90 Å². The summed E-state index contributed by atoms with van der Waals surface area (Å²) in [7, 11) is 1.36. The minimum absolute atomic E-state index is 0.0796. The van der Waals surface area contributed by atoms with Gasteiger partial charge in [0.15, 0.2) is 5.69 Å². The number of allylic oxidation sites excluding steroid dienone is 1. The third-order valence-corrected chi connectivity index (χ3v) is 4.36. The van der Waals surface area contributed by atoms with Crippen molar-refractivity contribution in [1.82, 2.24) is 9.78 Å². The van der Waals surface area contributed by atoms with E-state index in [0.29, 0.717) is 11.6 Å². The fourth-order valence-electron chi connectivity index (χ4n) is 2.36. The molecule has 23 heavy (non-hydrogen) atoms. The van der Waals surface area contributed by atoms with Crippen LogP contribution in [0.1, 0.15) is 12.6 Å².